The zero-order valence-corrected chi connectivity index (χ0v) is 25.5. The van der Waals surface area contributed by atoms with Crippen molar-refractivity contribution in [2.24, 2.45) is 0 Å². The van der Waals surface area contributed by atoms with Crippen molar-refractivity contribution in [2.45, 2.75) is 108 Å². The Labute approximate surface area is 251 Å². The first kappa shape index (κ1) is 32.4. The summed E-state index contributed by atoms with van der Waals surface area (Å²) in [7, 11) is 0. The zero-order chi connectivity index (χ0) is 25.4. The summed E-state index contributed by atoms with van der Waals surface area (Å²) in [4.78, 5) is 10.6. The molecule has 0 spiro atoms. The molecular formula is C30H38BrN4Na. The Bertz CT molecular complexity index is 976. The molecule has 1 saturated carbocycles. The number of hydrogen-bond acceptors (Lipinski definition) is 1. The summed E-state index contributed by atoms with van der Waals surface area (Å²) in [6, 6.07) is 1.92. The SMILES string of the molecule is BrCC1=CCCCC1.[C-]#[N+]C(C#N)=C1CCCC1.[C-]#[N+]C(CC1=CCCCC1)([N+]#[C-])C1=CCCC1.[H-].[Na+]. The Balaban J connectivity index is 0.000000557. The normalized spacial score (nSPS) is 18.5. The first-order chi connectivity index (χ1) is 17.1. The van der Waals surface area contributed by atoms with Crippen LogP contribution in [0.2, 0.25) is 0 Å². The minimum Gasteiger partial charge on any atom is -1.00 e. The third-order valence-corrected chi connectivity index (χ3v) is 7.82. The Morgan fingerprint density at radius 3 is 1.78 bits per heavy atom. The number of nitrogens with zero attached hydrogens (tertiary/aromatic N) is 4. The van der Waals surface area contributed by atoms with E-state index in [0.717, 1.165) is 74.3 Å². The predicted molar refractivity (Wildman–Crippen MR) is 148 cm³/mol. The van der Waals surface area contributed by atoms with E-state index in [0.29, 0.717) is 12.1 Å². The predicted octanol–water partition coefficient (Wildman–Crippen LogP) is 6.78. The minimum atomic E-state index is -0.903. The fourth-order valence-electron chi connectivity index (χ4n) is 5.03. The van der Waals surface area contributed by atoms with Crippen LogP contribution >= 0.6 is 15.9 Å². The zero-order valence-electron chi connectivity index (χ0n) is 22.9. The first-order valence-electron chi connectivity index (χ1n) is 13.0. The number of rotatable bonds is 4. The van der Waals surface area contributed by atoms with Crippen LogP contribution in [0.4, 0.5) is 0 Å². The molecule has 4 nitrogen and oxygen atoms in total. The van der Waals surface area contributed by atoms with Crippen molar-refractivity contribution in [2.75, 3.05) is 5.33 Å². The fourth-order valence-corrected chi connectivity index (χ4v) is 5.53. The number of alkyl halides is 1. The molecule has 0 heterocycles. The molecule has 0 saturated heterocycles. The molecule has 186 valence electrons. The summed E-state index contributed by atoms with van der Waals surface area (Å²) in [5.74, 6) is 0. The van der Waals surface area contributed by atoms with Crippen LogP contribution in [0.15, 0.2) is 46.2 Å². The van der Waals surface area contributed by atoms with E-state index >= 15 is 0 Å². The van der Waals surface area contributed by atoms with Gasteiger partial charge in [-0.2, -0.15) is 0 Å². The van der Waals surface area contributed by atoms with Crippen LogP contribution in [0.3, 0.4) is 0 Å². The van der Waals surface area contributed by atoms with Crippen LogP contribution in [-0.4, -0.2) is 11.0 Å². The molecule has 0 N–H and O–H groups in total. The van der Waals surface area contributed by atoms with Gasteiger partial charge in [-0.25, -0.2) is 32.9 Å². The van der Waals surface area contributed by atoms with Gasteiger partial charge in [-0.05, 0) is 83.5 Å². The molecule has 0 amide bonds. The van der Waals surface area contributed by atoms with Gasteiger partial charge in [0, 0.05) is 5.33 Å². The topological polar surface area (TPSA) is 36.9 Å². The van der Waals surface area contributed by atoms with Crippen molar-refractivity contribution in [3.05, 3.63) is 80.5 Å². The molecule has 36 heavy (non-hydrogen) atoms. The van der Waals surface area contributed by atoms with Crippen molar-refractivity contribution in [1.29, 1.82) is 5.26 Å². The standard InChI is InChI=1S/C15H18N2.C8H8N2.C7H11Br.Na.H/c1-16-15(17-2,14-10-6-7-11-14)12-13-8-4-3-5-9-13;1-10-8(6-9)7-4-2-3-5-7;8-6-7-4-2-1-3-5-7;;/h8,10H,3-7,9,11-12H2;2-5H2;4H,1-3,5-6H2;;/q;;;+1;-1. The van der Waals surface area contributed by atoms with E-state index in [1.54, 1.807) is 5.57 Å². The number of halogens is 1. The molecule has 0 atom stereocenters. The molecule has 0 aliphatic heterocycles. The number of nitriles is 1. The summed E-state index contributed by atoms with van der Waals surface area (Å²) in [6.45, 7) is 21.5. The Kier molecular flexibility index (Phi) is 16.8. The summed E-state index contributed by atoms with van der Waals surface area (Å²) in [6.07, 6.45) is 24.8. The molecule has 0 aromatic rings. The Hall–Kier alpha value is -1.60. The van der Waals surface area contributed by atoms with Gasteiger partial charge < -0.3 is 1.43 Å². The molecule has 4 rings (SSSR count). The summed E-state index contributed by atoms with van der Waals surface area (Å²) >= 11 is 3.44. The molecule has 0 bridgehead atoms. The van der Waals surface area contributed by atoms with E-state index in [-0.39, 0.29) is 31.0 Å². The Morgan fingerprint density at radius 1 is 0.833 bits per heavy atom. The van der Waals surface area contributed by atoms with Crippen molar-refractivity contribution >= 4 is 15.9 Å². The van der Waals surface area contributed by atoms with Gasteiger partial charge in [0.2, 0.25) is 0 Å². The fraction of sp³-hybridized carbons (Fsp3) is 0.600. The number of hydrogen-bond donors (Lipinski definition) is 0. The van der Waals surface area contributed by atoms with Crippen LogP contribution in [0, 0.1) is 31.0 Å². The van der Waals surface area contributed by atoms with Gasteiger partial charge in [0.15, 0.2) is 0 Å². The van der Waals surface area contributed by atoms with Gasteiger partial charge in [-0.15, -0.1) is 0 Å². The molecule has 1 fully saturated rings. The second-order valence-corrected chi connectivity index (χ2v) is 10.1. The smallest absolute Gasteiger partial charge is 1.00 e. The van der Waals surface area contributed by atoms with Crippen LogP contribution in [-0.2, 0) is 0 Å². The van der Waals surface area contributed by atoms with Gasteiger partial charge in [-0.1, -0.05) is 63.7 Å². The number of allylic oxidation sites excluding steroid dienone is 6. The molecule has 0 aromatic heterocycles. The summed E-state index contributed by atoms with van der Waals surface area (Å²) in [5, 5.41) is 9.56. The summed E-state index contributed by atoms with van der Waals surface area (Å²) in [5.41, 5.74) is 4.50. The third kappa shape index (κ3) is 10.4. The van der Waals surface area contributed by atoms with Gasteiger partial charge in [0.1, 0.15) is 6.42 Å². The largest absolute Gasteiger partial charge is 1.00 e. The molecule has 0 radical (unpaired) electrons. The molecule has 0 unspecified atom stereocenters. The van der Waals surface area contributed by atoms with Crippen LogP contribution in [0.5, 0.6) is 0 Å². The monoisotopic (exact) mass is 556 g/mol. The van der Waals surface area contributed by atoms with E-state index in [2.05, 4.69) is 48.7 Å². The maximum Gasteiger partial charge on any atom is 1.00 e. The van der Waals surface area contributed by atoms with E-state index in [1.807, 2.05) is 6.07 Å². The van der Waals surface area contributed by atoms with Gasteiger partial charge in [0.25, 0.3) is 5.70 Å². The van der Waals surface area contributed by atoms with Crippen LogP contribution in [0.1, 0.15) is 104 Å². The third-order valence-electron chi connectivity index (χ3n) is 7.10. The minimum absolute atomic E-state index is 0. The molecule has 6 heteroatoms. The van der Waals surface area contributed by atoms with Crippen molar-refractivity contribution < 1.29 is 31.0 Å². The van der Waals surface area contributed by atoms with Crippen molar-refractivity contribution in [3.63, 3.8) is 0 Å². The van der Waals surface area contributed by atoms with E-state index in [9.17, 15) is 0 Å². The quantitative estimate of drug-likeness (QED) is 0.124. The maximum absolute atomic E-state index is 8.46. The van der Waals surface area contributed by atoms with Crippen LogP contribution < -0.4 is 29.6 Å². The van der Waals surface area contributed by atoms with E-state index in [1.165, 1.54) is 44.1 Å². The molecule has 4 aliphatic rings. The second-order valence-electron chi connectivity index (χ2n) is 9.57. The van der Waals surface area contributed by atoms with Gasteiger partial charge in [0.05, 0.1) is 18.2 Å². The summed E-state index contributed by atoms with van der Waals surface area (Å²) < 4.78 is 0. The van der Waals surface area contributed by atoms with E-state index < -0.39 is 5.66 Å². The maximum atomic E-state index is 8.46. The van der Waals surface area contributed by atoms with Gasteiger partial charge in [-0.3, -0.25) is 0 Å². The molecular weight excluding hydrogens is 519 g/mol. The molecule has 0 aromatic carbocycles. The van der Waals surface area contributed by atoms with Crippen molar-refractivity contribution in [1.82, 2.24) is 0 Å². The molecule has 4 aliphatic carbocycles. The average molecular weight is 558 g/mol. The van der Waals surface area contributed by atoms with Crippen molar-refractivity contribution in [3.8, 4) is 6.07 Å². The van der Waals surface area contributed by atoms with E-state index in [4.69, 9.17) is 25.0 Å². The second kappa shape index (κ2) is 18.6. The van der Waals surface area contributed by atoms with Gasteiger partial charge >= 0.3 is 35.2 Å². The van der Waals surface area contributed by atoms with Crippen LogP contribution in [0.25, 0.3) is 14.5 Å². The Morgan fingerprint density at radius 2 is 1.39 bits per heavy atom. The first-order valence-corrected chi connectivity index (χ1v) is 14.1. The average Bonchev–Trinajstić information content (AvgIpc) is 3.66.